The number of methoxy groups -OCH3 is 1. The summed E-state index contributed by atoms with van der Waals surface area (Å²) in [5, 5.41) is 21.7. The number of nitro groups is 1. The van der Waals surface area contributed by atoms with Gasteiger partial charge in [-0.15, -0.1) is 0 Å². The largest absolute Gasteiger partial charge is 0.497 e. The van der Waals surface area contributed by atoms with Crippen molar-refractivity contribution >= 4 is 34.7 Å². The van der Waals surface area contributed by atoms with Gasteiger partial charge in [-0.1, -0.05) is 36.0 Å². The van der Waals surface area contributed by atoms with Crippen LogP contribution < -0.4 is 4.74 Å². The van der Waals surface area contributed by atoms with Gasteiger partial charge in [0.15, 0.2) is 5.17 Å². The van der Waals surface area contributed by atoms with Crippen LogP contribution in [0.15, 0.2) is 64.8 Å². The number of hydrogen-bond acceptors (Lipinski definition) is 8. The summed E-state index contributed by atoms with van der Waals surface area (Å²) in [6, 6.07) is 11.7. The molecule has 0 bridgehead atoms. The number of nitrogens with zero attached hydrogens (tertiary/aromatic N) is 3. The molecular weight excluding hydrogens is 474 g/mol. The SMILES string of the molecule is COc1ccc(CSC2=NC(C)=C(C(=O)OC(C)C)C(c3cccc([N+](=O)[O-])c3)N2C(=O)O)cc1. The number of benzene rings is 2. The number of ether oxygens (including phenoxy) is 2. The lowest BCUT2D eigenvalue weighted by Crippen LogP contribution is -2.43. The molecule has 35 heavy (non-hydrogen) atoms. The molecule has 0 saturated heterocycles. The van der Waals surface area contributed by atoms with E-state index >= 15 is 0 Å². The summed E-state index contributed by atoms with van der Waals surface area (Å²) < 4.78 is 10.5. The van der Waals surface area contributed by atoms with Gasteiger partial charge in [-0.05, 0) is 44.0 Å². The standard InChI is InChI=1S/C24H25N3O7S/c1-14(2)34-22(28)20-15(3)25-23(35-13-16-8-10-19(33-4)11-9-16)26(24(29)30)21(20)17-6-5-7-18(12-17)27(31)32/h5-12,14,21H,13H2,1-4H3,(H,29,30). The summed E-state index contributed by atoms with van der Waals surface area (Å²) >= 11 is 1.17. The lowest BCUT2D eigenvalue weighted by atomic mass is 9.94. The number of allylic oxidation sites excluding steroid dienone is 1. The second kappa shape index (κ2) is 11.0. The van der Waals surface area contributed by atoms with E-state index in [2.05, 4.69) is 4.99 Å². The number of amides is 1. The molecule has 0 aliphatic carbocycles. The zero-order valence-corrected chi connectivity index (χ0v) is 20.4. The normalized spacial score (nSPS) is 15.6. The first kappa shape index (κ1) is 25.8. The zero-order valence-electron chi connectivity index (χ0n) is 19.6. The highest BCUT2D eigenvalue weighted by molar-refractivity contribution is 8.13. The molecule has 2 aromatic carbocycles. The van der Waals surface area contributed by atoms with Crippen LogP contribution in [0.5, 0.6) is 5.75 Å². The number of rotatable bonds is 7. The summed E-state index contributed by atoms with van der Waals surface area (Å²) in [5.41, 5.74) is 1.23. The molecule has 1 aliphatic rings. The van der Waals surface area contributed by atoms with Crippen molar-refractivity contribution in [2.45, 2.75) is 38.7 Å². The molecule has 11 heteroatoms. The fourth-order valence-corrected chi connectivity index (χ4v) is 4.53. The number of carbonyl (C=O) groups excluding carboxylic acids is 1. The minimum atomic E-state index is -1.36. The number of thioether (sulfide) groups is 1. The Morgan fingerprint density at radius 2 is 1.91 bits per heavy atom. The molecule has 3 rings (SSSR count). The second-order valence-corrected chi connectivity index (χ2v) is 8.83. The lowest BCUT2D eigenvalue weighted by molar-refractivity contribution is -0.384. The van der Waals surface area contributed by atoms with E-state index in [-0.39, 0.29) is 27.7 Å². The molecule has 0 fully saturated rings. The summed E-state index contributed by atoms with van der Waals surface area (Å²) in [4.78, 5) is 41.7. The Labute approximate surface area is 206 Å². The van der Waals surface area contributed by atoms with Crippen molar-refractivity contribution in [1.82, 2.24) is 4.90 Å². The molecule has 1 aliphatic heterocycles. The third-order valence-electron chi connectivity index (χ3n) is 5.08. The van der Waals surface area contributed by atoms with Crippen LogP contribution in [0.25, 0.3) is 0 Å². The number of aliphatic imine (C=N–C) groups is 1. The van der Waals surface area contributed by atoms with Gasteiger partial charge in [0.2, 0.25) is 0 Å². The van der Waals surface area contributed by atoms with Gasteiger partial charge in [0.1, 0.15) is 11.8 Å². The average Bonchev–Trinajstić information content (AvgIpc) is 2.81. The maximum Gasteiger partial charge on any atom is 0.414 e. The number of nitro benzene ring substituents is 1. The second-order valence-electron chi connectivity index (χ2n) is 7.89. The van der Waals surface area contributed by atoms with E-state index in [1.54, 1.807) is 46.1 Å². The highest BCUT2D eigenvalue weighted by Gasteiger charge is 2.41. The summed E-state index contributed by atoms with van der Waals surface area (Å²) in [6.07, 6.45) is -1.81. The molecule has 10 nitrogen and oxygen atoms in total. The highest BCUT2D eigenvalue weighted by atomic mass is 32.2. The number of carbonyl (C=O) groups is 2. The van der Waals surface area contributed by atoms with Crippen LogP contribution >= 0.6 is 11.8 Å². The molecular formula is C24H25N3O7S. The van der Waals surface area contributed by atoms with Crippen molar-refractivity contribution < 1.29 is 29.1 Å². The first-order valence-corrected chi connectivity index (χ1v) is 11.6. The predicted molar refractivity (Wildman–Crippen MR) is 131 cm³/mol. The van der Waals surface area contributed by atoms with E-state index in [1.807, 2.05) is 12.1 Å². The molecule has 1 unspecified atom stereocenters. The topological polar surface area (TPSA) is 132 Å². The molecule has 184 valence electrons. The van der Waals surface area contributed by atoms with Gasteiger partial charge in [0.05, 0.1) is 29.4 Å². The fraction of sp³-hybridized carbons (Fsp3) is 0.292. The van der Waals surface area contributed by atoms with Crippen molar-refractivity contribution in [2.24, 2.45) is 4.99 Å². The number of hydrogen-bond donors (Lipinski definition) is 1. The van der Waals surface area contributed by atoms with E-state index < -0.39 is 29.1 Å². The quantitative estimate of drug-likeness (QED) is 0.314. The van der Waals surface area contributed by atoms with Crippen LogP contribution in [0.2, 0.25) is 0 Å². The van der Waals surface area contributed by atoms with Crippen LogP contribution in [0, 0.1) is 10.1 Å². The molecule has 0 spiro atoms. The van der Waals surface area contributed by atoms with Crippen molar-refractivity contribution in [3.63, 3.8) is 0 Å². The van der Waals surface area contributed by atoms with Crippen LogP contribution in [0.3, 0.4) is 0 Å². The first-order valence-electron chi connectivity index (χ1n) is 10.6. The summed E-state index contributed by atoms with van der Waals surface area (Å²) in [6.45, 7) is 4.94. The first-order chi connectivity index (χ1) is 16.6. The maximum absolute atomic E-state index is 13.0. The molecule has 1 amide bonds. The van der Waals surface area contributed by atoms with Gasteiger partial charge in [0, 0.05) is 17.9 Å². The van der Waals surface area contributed by atoms with Crippen molar-refractivity contribution in [3.05, 3.63) is 81.0 Å². The Hall–Kier alpha value is -3.86. The van der Waals surface area contributed by atoms with Crippen LogP contribution in [0.4, 0.5) is 10.5 Å². The van der Waals surface area contributed by atoms with Crippen molar-refractivity contribution in [1.29, 1.82) is 0 Å². The molecule has 1 N–H and O–H groups in total. The van der Waals surface area contributed by atoms with E-state index in [0.29, 0.717) is 11.5 Å². The summed E-state index contributed by atoms with van der Waals surface area (Å²) in [7, 11) is 1.57. The Kier molecular flexibility index (Phi) is 8.13. The van der Waals surface area contributed by atoms with Gasteiger partial charge >= 0.3 is 12.1 Å². The van der Waals surface area contributed by atoms with Gasteiger partial charge in [-0.2, -0.15) is 0 Å². The fourth-order valence-electron chi connectivity index (χ4n) is 3.52. The Morgan fingerprint density at radius 3 is 2.49 bits per heavy atom. The highest BCUT2D eigenvalue weighted by Crippen LogP contribution is 2.39. The third-order valence-corrected chi connectivity index (χ3v) is 6.11. The third kappa shape index (κ3) is 5.99. The van der Waals surface area contributed by atoms with Gasteiger partial charge in [0.25, 0.3) is 5.69 Å². The van der Waals surface area contributed by atoms with Gasteiger partial charge < -0.3 is 14.6 Å². The van der Waals surface area contributed by atoms with E-state index in [9.17, 15) is 24.8 Å². The molecule has 1 heterocycles. The Morgan fingerprint density at radius 1 is 1.23 bits per heavy atom. The molecule has 0 saturated carbocycles. The zero-order chi connectivity index (χ0) is 25.7. The van der Waals surface area contributed by atoms with Crippen LogP contribution in [0.1, 0.15) is 37.9 Å². The summed E-state index contributed by atoms with van der Waals surface area (Å²) in [5.74, 6) is 0.356. The van der Waals surface area contributed by atoms with E-state index in [1.165, 1.54) is 30.0 Å². The minimum absolute atomic E-state index is 0.00963. The van der Waals surface area contributed by atoms with Gasteiger partial charge in [-0.3, -0.25) is 10.1 Å². The Balaban J connectivity index is 2.07. The Bertz CT molecular complexity index is 1190. The van der Waals surface area contributed by atoms with Crippen molar-refractivity contribution in [2.75, 3.05) is 7.11 Å². The number of non-ortho nitro benzene ring substituents is 1. The van der Waals surface area contributed by atoms with Crippen LogP contribution in [-0.4, -0.2) is 45.4 Å². The number of carboxylic acid groups (broad SMARTS) is 1. The van der Waals surface area contributed by atoms with E-state index in [4.69, 9.17) is 9.47 Å². The number of esters is 1. The van der Waals surface area contributed by atoms with Crippen molar-refractivity contribution in [3.8, 4) is 5.75 Å². The monoisotopic (exact) mass is 499 g/mol. The van der Waals surface area contributed by atoms with E-state index in [0.717, 1.165) is 10.5 Å². The molecule has 0 radical (unpaired) electrons. The smallest absolute Gasteiger partial charge is 0.414 e. The molecule has 0 aromatic heterocycles. The molecule has 2 aromatic rings. The van der Waals surface area contributed by atoms with Gasteiger partial charge in [-0.25, -0.2) is 19.5 Å². The molecule has 1 atom stereocenters. The maximum atomic E-state index is 13.0. The lowest BCUT2D eigenvalue weighted by Gasteiger charge is -2.35. The number of amidine groups is 1. The average molecular weight is 500 g/mol. The van der Waals surface area contributed by atoms with Crippen LogP contribution in [-0.2, 0) is 15.3 Å². The minimum Gasteiger partial charge on any atom is -0.497 e. The predicted octanol–water partition coefficient (Wildman–Crippen LogP) is 5.15.